The molecule has 1 saturated heterocycles. The summed E-state index contributed by atoms with van der Waals surface area (Å²) in [6.07, 6.45) is 3.07. The Morgan fingerprint density at radius 1 is 1.62 bits per heavy atom. The third-order valence-electron chi connectivity index (χ3n) is 2.15. The predicted molar refractivity (Wildman–Crippen MR) is 48.2 cm³/mol. The molecule has 1 aliphatic rings. The topological polar surface area (TPSA) is 47.6 Å². The van der Waals surface area contributed by atoms with Crippen molar-refractivity contribution in [1.29, 1.82) is 0 Å². The van der Waals surface area contributed by atoms with Gasteiger partial charge in [-0.15, -0.1) is 0 Å². The minimum atomic E-state index is -0.0903. The highest BCUT2D eigenvalue weighted by Crippen LogP contribution is 2.18. The zero-order valence-corrected chi connectivity index (χ0v) is 8.21. The molecule has 2 atom stereocenters. The summed E-state index contributed by atoms with van der Waals surface area (Å²) >= 11 is 0. The van der Waals surface area contributed by atoms with Crippen molar-refractivity contribution in [2.24, 2.45) is 0 Å². The summed E-state index contributed by atoms with van der Waals surface area (Å²) < 4.78 is 10.6. The molecule has 0 aliphatic carbocycles. The first-order valence-electron chi connectivity index (χ1n) is 4.65. The van der Waals surface area contributed by atoms with Gasteiger partial charge in [-0.2, -0.15) is 0 Å². The van der Waals surface area contributed by atoms with E-state index in [0.717, 1.165) is 19.3 Å². The molecule has 76 valence electrons. The molecule has 0 spiro atoms. The highest BCUT2D eigenvalue weighted by Gasteiger charge is 2.21. The van der Waals surface area contributed by atoms with E-state index in [9.17, 15) is 4.79 Å². The van der Waals surface area contributed by atoms with Crippen molar-refractivity contribution >= 4 is 5.91 Å². The average Bonchev–Trinajstić information content (AvgIpc) is 2.15. The van der Waals surface area contributed by atoms with Gasteiger partial charge in [-0.3, -0.25) is 4.79 Å². The third kappa shape index (κ3) is 3.74. The Morgan fingerprint density at radius 2 is 2.38 bits per heavy atom. The molecule has 13 heavy (non-hydrogen) atoms. The monoisotopic (exact) mass is 187 g/mol. The van der Waals surface area contributed by atoms with Crippen LogP contribution in [0, 0.1) is 0 Å². The van der Waals surface area contributed by atoms with Crippen molar-refractivity contribution in [2.75, 3.05) is 13.7 Å². The van der Waals surface area contributed by atoms with Crippen molar-refractivity contribution in [3.05, 3.63) is 0 Å². The highest BCUT2D eigenvalue weighted by molar-refractivity contribution is 5.72. The molecule has 1 N–H and O–H groups in total. The second-order valence-corrected chi connectivity index (χ2v) is 3.29. The van der Waals surface area contributed by atoms with Crippen LogP contribution in [-0.2, 0) is 14.3 Å². The molecule has 0 unspecified atom stereocenters. The lowest BCUT2D eigenvalue weighted by Crippen LogP contribution is -2.37. The molecule has 4 nitrogen and oxygen atoms in total. The van der Waals surface area contributed by atoms with Crippen LogP contribution in [0.1, 0.15) is 26.2 Å². The Labute approximate surface area is 78.6 Å². The van der Waals surface area contributed by atoms with Crippen molar-refractivity contribution in [3.8, 4) is 0 Å². The van der Waals surface area contributed by atoms with Gasteiger partial charge in [0.15, 0.2) is 6.29 Å². The Hall–Kier alpha value is -0.610. The molecule has 0 aromatic rings. The summed E-state index contributed by atoms with van der Waals surface area (Å²) in [5, 5.41) is 2.74. The first-order valence-corrected chi connectivity index (χ1v) is 4.65. The molecule has 1 fully saturated rings. The lowest BCUT2D eigenvalue weighted by Gasteiger charge is -2.28. The summed E-state index contributed by atoms with van der Waals surface area (Å²) in [6.45, 7) is 2.10. The molecule has 0 aromatic heterocycles. The first-order chi connectivity index (χ1) is 6.22. The van der Waals surface area contributed by atoms with Gasteiger partial charge in [0.2, 0.25) is 5.91 Å². The van der Waals surface area contributed by atoms with Crippen LogP contribution in [0.25, 0.3) is 0 Å². The first kappa shape index (κ1) is 10.5. The van der Waals surface area contributed by atoms with Gasteiger partial charge in [0.25, 0.3) is 0 Å². The Bertz CT molecular complexity index is 172. The number of ether oxygens (including phenoxy) is 2. The van der Waals surface area contributed by atoms with Crippen LogP contribution in [-0.4, -0.2) is 32.0 Å². The molecule has 1 heterocycles. The second kappa shape index (κ2) is 5.19. The highest BCUT2D eigenvalue weighted by atomic mass is 16.7. The van der Waals surface area contributed by atoms with E-state index in [1.807, 2.05) is 0 Å². The van der Waals surface area contributed by atoms with Gasteiger partial charge < -0.3 is 14.8 Å². The van der Waals surface area contributed by atoms with Gasteiger partial charge >= 0.3 is 0 Å². The van der Waals surface area contributed by atoms with E-state index in [-0.39, 0.29) is 18.3 Å². The normalized spacial score (nSPS) is 28.5. The Balaban J connectivity index is 2.21. The summed E-state index contributed by atoms with van der Waals surface area (Å²) in [7, 11) is 1.64. The fourth-order valence-corrected chi connectivity index (χ4v) is 1.44. The standard InChI is InChI=1S/C9H17NO3/c1-7(11)10-6-8-4-3-5-9(12-2)13-8/h8-9H,3-6H2,1-2H3,(H,10,11)/t8-,9+/m0/s1. The summed E-state index contributed by atoms with van der Waals surface area (Å²) in [5.74, 6) is -0.0110. The fourth-order valence-electron chi connectivity index (χ4n) is 1.44. The molecular formula is C9H17NO3. The second-order valence-electron chi connectivity index (χ2n) is 3.29. The van der Waals surface area contributed by atoms with E-state index >= 15 is 0 Å². The van der Waals surface area contributed by atoms with E-state index in [1.54, 1.807) is 7.11 Å². The molecule has 1 amide bonds. The molecule has 0 bridgehead atoms. The summed E-state index contributed by atoms with van der Waals surface area (Å²) in [5.41, 5.74) is 0. The Kier molecular flexibility index (Phi) is 4.18. The summed E-state index contributed by atoms with van der Waals surface area (Å²) in [6, 6.07) is 0. The van der Waals surface area contributed by atoms with Crippen LogP contribution in [0.3, 0.4) is 0 Å². The van der Waals surface area contributed by atoms with E-state index in [2.05, 4.69) is 5.32 Å². The quantitative estimate of drug-likeness (QED) is 0.706. The van der Waals surface area contributed by atoms with E-state index in [1.165, 1.54) is 6.92 Å². The van der Waals surface area contributed by atoms with Gasteiger partial charge in [0.05, 0.1) is 6.10 Å². The van der Waals surface area contributed by atoms with Gasteiger partial charge in [0, 0.05) is 20.6 Å². The zero-order valence-electron chi connectivity index (χ0n) is 8.21. The Morgan fingerprint density at radius 3 is 3.00 bits per heavy atom. The smallest absolute Gasteiger partial charge is 0.216 e. The van der Waals surface area contributed by atoms with E-state index < -0.39 is 0 Å². The molecule has 0 radical (unpaired) electrons. The van der Waals surface area contributed by atoms with E-state index in [0.29, 0.717) is 6.54 Å². The van der Waals surface area contributed by atoms with Crippen LogP contribution in [0.5, 0.6) is 0 Å². The number of hydrogen-bond acceptors (Lipinski definition) is 3. The maximum atomic E-state index is 10.6. The molecule has 0 saturated carbocycles. The van der Waals surface area contributed by atoms with Crippen molar-refractivity contribution in [3.63, 3.8) is 0 Å². The number of amides is 1. The van der Waals surface area contributed by atoms with Gasteiger partial charge in [-0.1, -0.05) is 0 Å². The largest absolute Gasteiger partial charge is 0.356 e. The van der Waals surface area contributed by atoms with Gasteiger partial charge in [-0.25, -0.2) is 0 Å². The molecule has 1 aliphatic heterocycles. The SMILES string of the molecule is CO[C@H]1CCC[C@@H](CNC(C)=O)O1. The van der Waals surface area contributed by atoms with Crippen molar-refractivity contribution < 1.29 is 14.3 Å². The minimum Gasteiger partial charge on any atom is -0.356 e. The van der Waals surface area contributed by atoms with Crippen molar-refractivity contribution in [1.82, 2.24) is 5.32 Å². The van der Waals surface area contributed by atoms with E-state index in [4.69, 9.17) is 9.47 Å². The lowest BCUT2D eigenvalue weighted by atomic mass is 10.1. The molecule has 1 rings (SSSR count). The third-order valence-corrected chi connectivity index (χ3v) is 2.15. The van der Waals surface area contributed by atoms with Gasteiger partial charge in [-0.05, 0) is 19.3 Å². The van der Waals surface area contributed by atoms with Crippen LogP contribution in [0.15, 0.2) is 0 Å². The number of carbonyl (C=O) groups excluding carboxylic acids is 1. The number of nitrogens with one attached hydrogen (secondary N) is 1. The molecular weight excluding hydrogens is 170 g/mol. The minimum absolute atomic E-state index is 0.0110. The number of methoxy groups -OCH3 is 1. The summed E-state index contributed by atoms with van der Waals surface area (Å²) in [4.78, 5) is 10.6. The van der Waals surface area contributed by atoms with Crippen LogP contribution in [0.2, 0.25) is 0 Å². The van der Waals surface area contributed by atoms with Crippen LogP contribution in [0.4, 0.5) is 0 Å². The van der Waals surface area contributed by atoms with Crippen molar-refractivity contribution in [2.45, 2.75) is 38.6 Å². The fraction of sp³-hybridized carbons (Fsp3) is 0.889. The number of hydrogen-bond donors (Lipinski definition) is 1. The van der Waals surface area contributed by atoms with Crippen LogP contribution < -0.4 is 5.32 Å². The number of carbonyl (C=O) groups is 1. The predicted octanol–water partition coefficient (Wildman–Crippen LogP) is 0.664. The maximum absolute atomic E-state index is 10.6. The van der Waals surface area contributed by atoms with Crippen LogP contribution >= 0.6 is 0 Å². The number of rotatable bonds is 3. The zero-order chi connectivity index (χ0) is 9.68. The maximum Gasteiger partial charge on any atom is 0.216 e. The lowest BCUT2D eigenvalue weighted by molar-refractivity contribution is -0.178. The average molecular weight is 187 g/mol. The molecule has 0 aromatic carbocycles. The molecule has 4 heteroatoms. The van der Waals surface area contributed by atoms with Gasteiger partial charge in [0.1, 0.15) is 0 Å².